The molecule has 0 rings (SSSR count). The van der Waals surface area contributed by atoms with Crippen molar-refractivity contribution in [1.82, 2.24) is 0 Å². The normalized spacial score (nSPS) is 8.97. The number of halogens is 1. The van der Waals surface area contributed by atoms with Crippen LogP contribution in [0.15, 0.2) is 37.6 Å². The van der Waals surface area contributed by atoms with Gasteiger partial charge in [0.15, 0.2) is 0 Å². The Hall–Kier alpha value is -2.61. The van der Waals surface area contributed by atoms with Gasteiger partial charge in [-0.15, -0.1) is 11.6 Å². The molecule has 0 fully saturated rings. The molecular formula is C24H39ClO8. The number of hydrogen-bond acceptors (Lipinski definition) is 8. The highest BCUT2D eigenvalue weighted by atomic mass is 35.5. The van der Waals surface area contributed by atoms with Gasteiger partial charge in [0.2, 0.25) is 0 Å². The van der Waals surface area contributed by atoms with Crippen molar-refractivity contribution >= 4 is 35.5 Å². The number of unbranched alkanes of at least 4 members (excludes halogenated alkanes) is 3. The summed E-state index contributed by atoms with van der Waals surface area (Å²) < 4.78 is 18.7. The van der Waals surface area contributed by atoms with Gasteiger partial charge >= 0.3 is 23.9 Å². The molecule has 0 aromatic carbocycles. The van der Waals surface area contributed by atoms with Gasteiger partial charge in [-0.25, -0.2) is 9.59 Å². The second-order valence-electron chi connectivity index (χ2n) is 6.36. The van der Waals surface area contributed by atoms with E-state index in [0.29, 0.717) is 19.8 Å². The van der Waals surface area contributed by atoms with Crippen LogP contribution in [0.25, 0.3) is 0 Å². The molecule has 0 saturated carbocycles. The summed E-state index contributed by atoms with van der Waals surface area (Å²) in [6.07, 6.45) is 7.68. The van der Waals surface area contributed by atoms with Crippen LogP contribution in [0.4, 0.5) is 0 Å². The van der Waals surface area contributed by atoms with Crippen LogP contribution in [0.2, 0.25) is 0 Å². The standard InChI is InChI=1S/C13H22O4.C7H12O2.C4H5ClO2/c1-4-6-8-16-12(14)10-11(3)13(15)17-9-7-5-2;1-3-5-6-9-7(8)4-2;1-2-7-4(6)3-5/h3-10H2,1-2H3;4H,2-3,5-6H2,1H3;2H,1,3H2. The van der Waals surface area contributed by atoms with Crippen molar-refractivity contribution < 1.29 is 38.1 Å². The molecule has 0 aliphatic carbocycles. The van der Waals surface area contributed by atoms with E-state index in [1.807, 2.05) is 20.8 Å². The maximum absolute atomic E-state index is 11.4. The number of ether oxygens (including phenoxy) is 4. The molecule has 8 nitrogen and oxygen atoms in total. The van der Waals surface area contributed by atoms with Crippen LogP contribution in [0.3, 0.4) is 0 Å². The summed E-state index contributed by atoms with van der Waals surface area (Å²) >= 11 is 5.01. The highest BCUT2D eigenvalue weighted by molar-refractivity contribution is 6.26. The van der Waals surface area contributed by atoms with E-state index in [1.54, 1.807) is 0 Å². The molecule has 0 aromatic heterocycles. The summed E-state index contributed by atoms with van der Waals surface area (Å²) in [7, 11) is 0. The Bertz CT molecular complexity index is 587. The van der Waals surface area contributed by atoms with Crippen LogP contribution >= 0.6 is 11.6 Å². The Morgan fingerprint density at radius 1 is 0.788 bits per heavy atom. The summed E-state index contributed by atoms with van der Waals surface area (Å²) in [5.74, 6) is -1.85. The Morgan fingerprint density at radius 3 is 1.67 bits per heavy atom. The summed E-state index contributed by atoms with van der Waals surface area (Å²) in [5, 5.41) is 0. The van der Waals surface area contributed by atoms with Crippen LogP contribution in [-0.2, 0) is 38.1 Å². The topological polar surface area (TPSA) is 105 Å². The number of esters is 4. The summed E-state index contributed by atoms with van der Waals surface area (Å²) in [6, 6.07) is 0. The van der Waals surface area contributed by atoms with Crippen LogP contribution in [0.1, 0.15) is 65.7 Å². The SMILES string of the molecule is C=C(CC(=O)OCCCC)C(=O)OCCCC.C=CC(=O)OCCCC.C=COC(=O)CCl. The van der Waals surface area contributed by atoms with Crippen LogP contribution in [0.5, 0.6) is 0 Å². The molecule has 190 valence electrons. The van der Waals surface area contributed by atoms with E-state index in [2.05, 4.69) is 29.2 Å². The average Bonchev–Trinajstić information content (AvgIpc) is 2.80. The minimum atomic E-state index is -0.508. The van der Waals surface area contributed by atoms with E-state index in [0.717, 1.165) is 44.8 Å². The molecular weight excluding hydrogens is 452 g/mol. The molecule has 0 saturated heterocycles. The zero-order valence-electron chi connectivity index (χ0n) is 20.2. The van der Waals surface area contributed by atoms with Gasteiger partial charge in [-0.05, 0) is 19.3 Å². The van der Waals surface area contributed by atoms with Crippen molar-refractivity contribution in [2.75, 3.05) is 25.7 Å². The summed E-state index contributed by atoms with van der Waals surface area (Å²) in [4.78, 5) is 43.0. The smallest absolute Gasteiger partial charge is 0.333 e. The first kappa shape index (κ1) is 35.0. The maximum Gasteiger partial charge on any atom is 0.333 e. The second kappa shape index (κ2) is 27.4. The molecule has 0 heterocycles. The van der Waals surface area contributed by atoms with Gasteiger partial charge in [0.25, 0.3) is 0 Å². The van der Waals surface area contributed by atoms with E-state index in [1.165, 1.54) is 6.08 Å². The third-order valence-electron chi connectivity index (χ3n) is 3.37. The lowest BCUT2D eigenvalue weighted by Gasteiger charge is -2.07. The van der Waals surface area contributed by atoms with Crippen molar-refractivity contribution in [3.05, 3.63) is 37.6 Å². The molecule has 0 bridgehead atoms. The van der Waals surface area contributed by atoms with Gasteiger partial charge in [-0.2, -0.15) is 0 Å². The van der Waals surface area contributed by atoms with E-state index < -0.39 is 17.9 Å². The van der Waals surface area contributed by atoms with Crippen molar-refractivity contribution in [2.45, 2.75) is 65.7 Å². The lowest BCUT2D eigenvalue weighted by molar-refractivity contribution is -0.146. The molecule has 9 heteroatoms. The molecule has 0 aliphatic heterocycles. The summed E-state index contributed by atoms with van der Waals surface area (Å²) in [6.45, 7) is 17.3. The molecule has 0 radical (unpaired) electrons. The molecule has 0 spiro atoms. The zero-order valence-corrected chi connectivity index (χ0v) is 21.0. The lowest BCUT2D eigenvalue weighted by Crippen LogP contribution is -2.13. The van der Waals surface area contributed by atoms with Gasteiger partial charge in [-0.1, -0.05) is 59.8 Å². The van der Waals surface area contributed by atoms with Gasteiger partial charge < -0.3 is 18.9 Å². The summed E-state index contributed by atoms with van der Waals surface area (Å²) in [5.41, 5.74) is 0.155. The Kier molecular flexibility index (Phi) is 29.1. The zero-order chi connectivity index (χ0) is 25.9. The fourth-order valence-corrected chi connectivity index (χ4v) is 1.60. The molecule has 0 atom stereocenters. The maximum atomic E-state index is 11.4. The highest BCUT2D eigenvalue weighted by Crippen LogP contribution is 2.04. The molecule has 0 unspecified atom stereocenters. The molecule has 0 amide bonds. The number of hydrogen-bond donors (Lipinski definition) is 0. The first-order valence-electron chi connectivity index (χ1n) is 10.9. The van der Waals surface area contributed by atoms with Gasteiger partial charge in [-0.3, -0.25) is 9.59 Å². The predicted octanol–water partition coefficient (Wildman–Crippen LogP) is 5.05. The molecule has 0 aromatic rings. The number of carbonyl (C=O) groups is 4. The van der Waals surface area contributed by atoms with Crippen molar-refractivity contribution in [1.29, 1.82) is 0 Å². The van der Waals surface area contributed by atoms with Crippen molar-refractivity contribution in [3.8, 4) is 0 Å². The molecule has 0 aliphatic rings. The first-order valence-corrected chi connectivity index (χ1v) is 11.4. The Morgan fingerprint density at radius 2 is 1.27 bits per heavy atom. The highest BCUT2D eigenvalue weighted by Gasteiger charge is 2.13. The largest absolute Gasteiger partial charge is 0.465 e. The van der Waals surface area contributed by atoms with E-state index in [4.69, 9.17) is 21.1 Å². The second-order valence-corrected chi connectivity index (χ2v) is 6.63. The third-order valence-corrected chi connectivity index (χ3v) is 3.59. The Balaban J connectivity index is -0.000000469. The van der Waals surface area contributed by atoms with Crippen molar-refractivity contribution in [3.63, 3.8) is 0 Å². The Labute approximate surface area is 202 Å². The van der Waals surface area contributed by atoms with Crippen molar-refractivity contribution in [2.24, 2.45) is 0 Å². The number of carbonyl (C=O) groups excluding carboxylic acids is 4. The van der Waals surface area contributed by atoms with Crippen LogP contribution in [0, 0.1) is 0 Å². The van der Waals surface area contributed by atoms with E-state index in [-0.39, 0.29) is 23.8 Å². The quantitative estimate of drug-likeness (QED) is 0.0784. The lowest BCUT2D eigenvalue weighted by atomic mass is 10.2. The minimum absolute atomic E-state index is 0.0886. The van der Waals surface area contributed by atoms with Gasteiger partial charge in [0.1, 0.15) is 5.88 Å². The van der Waals surface area contributed by atoms with E-state index >= 15 is 0 Å². The number of rotatable bonds is 15. The molecule has 33 heavy (non-hydrogen) atoms. The predicted molar refractivity (Wildman–Crippen MR) is 129 cm³/mol. The van der Waals surface area contributed by atoms with Crippen LogP contribution < -0.4 is 0 Å². The fourth-order valence-electron chi connectivity index (χ4n) is 1.54. The van der Waals surface area contributed by atoms with Gasteiger partial charge in [0.05, 0.1) is 32.5 Å². The number of alkyl halides is 1. The third kappa shape index (κ3) is 29.4. The monoisotopic (exact) mass is 490 g/mol. The average molecular weight is 491 g/mol. The van der Waals surface area contributed by atoms with Gasteiger partial charge in [0, 0.05) is 11.6 Å². The van der Waals surface area contributed by atoms with E-state index in [9.17, 15) is 19.2 Å². The molecule has 0 N–H and O–H groups in total. The minimum Gasteiger partial charge on any atom is -0.465 e. The fraction of sp³-hybridized carbons (Fsp3) is 0.583. The first-order chi connectivity index (χ1) is 15.7. The van der Waals surface area contributed by atoms with Crippen LogP contribution in [-0.4, -0.2) is 49.6 Å².